The van der Waals surface area contributed by atoms with Gasteiger partial charge in [-0.05, 0) is 30.3 Å². The lowest BCUT2D eigenvalue weighted by Crippen LogP contribution is -2.16. The van der Waals surface area contributed by atoms with Gasteiger partial charge >= 0.3 is 5.97 Å². The van der Waals surface area contributed by atoms with E-state index in [1.54, 1.807) is 24.3 Å². The van der Waals surface area contributed by atoms with Gasteiger partial charge in [-0.2, -0.15) is 0 Å². The maximum atomic E-state index is 12.3. The second kappa shape index (κ2) is 10.1. The van der Waals surface area contributed by atoms with Crippen molar-refractivity contribution in [1.29, 1.82) is 0 Å². The average Bonchev–Trinajstić information content (AvgIpc) is 2.69. The lowest BCUT2D eigenvalue weighted by Gasteiger charge is -2.10. The maximum absolute atomic E-state index is 12.3. The van der Waals surface area contributed by atoms with Crippen LogP contribution in [0.2, 0.25) is 15.1 Å². The highest BCUT2D eigenvalue weighted by molar-refractivity contribution is 8.00. The summed E-state index contributed by atoms with van der Waals surface area (Å²) in [5.74, 6) is -0.154. The Balaban J connectivity index is 1.94. The van der Waals surface area contributed by atoms with Gasteiger partial charge in [0.05, 0.1) is 40.6 Å². The Morgan fingerprint density at radius 2 is 1.74 bits per heavy atom. The average molecular weight is 450 g/mol. The van der Waals surface area contributed by atoms with E-state index in [9.17, 15) is 9.59 Å². The summed E-state index contributed by atoms with van der Waals surface area (Å²) in [6.07, 6.45) is 0. The van der Waals surface area contributed by atoms with Gasteiger partial charge in [0.2, 0.25) is 5.78 Å². The second-order valence-electron chi connectivity index (χ2n) is 5.11. The van der Waals surface area contributed by atoms with Crippen LogP contribution in [0, 0.1) is 0 Å². The standard InChI is InChI=1S/C18H15Cl3O5S/c1-24-10-3-5-14(25-2)11(7-10)13(22)8-26-16(23)9-27-15-6-4-12(19)17(20)18(15)21/h3-7H,8-9H2,1-2H3. The summed E-state index contributed by atoms with van der Waals surface area (Å²) < 4.78 is 15.3. The molecule has 0 spiro atoms. The molecule has 0 saturated heterocycles. The van der Waals surface area contributed by atoms with Crippen molar-refractivity contribution >= 4 is 58.3 Å². The number of hydrogen-bond donors (Lipinski definition) is 0. The minimum absolute atomic E-state index is 0.0415. The van der Waals surface area contributed by atoms with E-state index >= 15 is 0 Å². The Morgan fingerprint density at radius 3 is 2.41 bits per heavy atom. The minimum atomic E-state index is -0.572. The topological polar surface area (TPSA) is 61.8 Å². The van der Waals surface area contributed by atoms with Crippen molar-refractivity contribution in [2.75, 3.05) is 26.6 Å². The molecule has 0 amide bonds. The van der Waals surface area contributed by atoms with Crippen molar-refractivity contribution in [3.05, 3.63) is 51.0 Å². The molecule has 0 atom stereocenters. The van der Waals surface area contributed by atoms with E-state index < -0.39 is 18.4 Å². The molecule has 0 heterocycles. The van der Waals surface area contributed by atoms with Gasteiger partial charge in [-0.1, -0.05) is 34.8 Å². The highest BCUT2D eigenvalue weighted by Crippen LogP contribution is 2.37. The fourth-order valence-corrected chi connectivity index (χ4v) is 3.56. The Morgan fingerprint density at radius 1 is 1.00 bits per heavy atom. The molecule has 0 aliphatic heterocycles. The first-order chi connectivity index (χ1) is 12.9. The quantitative estimate of drug-likeness (QED) is 0.239. The molecule has 2 aromatic carbocycles. The summed E-state index contributed by atoms with van der Waals surface area (Å²) in [5.41, 5.74) is 0.268. The van der Waals surface area contributed by atoms with Crippen molar-refractivity contribution in [2.45, 2.75) is 4.90 Å². The van der Waals surface area contributed by atoms with Crippen molar-refractivity contribution in [3.8, 4) is 11.5 Å². The van der Waals surface area contributed by atoms with Gasteiger partial charge in [0, 0.05) is 4.90 Å². The fourth-order valence-electron chi connectivity index (χ4n) is 2.05. The molecule has 0 aliphatic carbocycles. The van der Waals surface area contributed by atoms with Gasteiger partial charge < -0.3 is 14.2 Å². The third-order valence-electron chi connectivity index (χ3n) is 3.42. The van der Waals surface area contributed by atoms with Crippen molar-refractivity contribution in [1.82, 2.24) is 0 Å². The molecule has 0 unspecified atom stereocenters. The maximum Gasteiger partial charge on any atom is 0.316 e. The number of carbonyl (C=O) groups is 2. The number of Topliss-reactive ketones (excluding diaryl/α,β-unsaturated/α-hetero) is 1. The summed E-state index contributed by atoms with van der Waals surface area (Å²) in [6, 6.07) is 8.04. The first-order valence-electron chi connectivity index (χ1n) is 7.54. The normalized spacial score (nSPS) is 10.4. The van der Waals surface area contributed by atoms with E-state index in [1.807, 2.05) is 0 Å². The molecule has 144 valence electrons. The van der Waals surface area contributed by atoms with Crippen LogP contribution in [0.15, 0.2) is 35.2 Å². The largest absolute Gasteiger partial charge is 0.497 e. The zero-order valence-corrected chi connectivity index (χ0v) is 17.5. The second-order valence-corrected chi connectivity index (χ2v) is 7.29. The van der Waals surface area contributed by atoms with Crippen LogP contribution in [-0.2, 0) is 9.53 Å². The molecule has 5 nitrogen and oxygen atoms in total. The zero-order valence-electron chi connectivity index (χ0n) is 14.4. The van der Waals surface area contributed by atoms with Crippen LogP contribution in [0.4, 0.5) is 0 Å². The molecule has 0 fully saturated rings. The van der Waals surface area contributed by atoms with Crippen molar-refractivity contribution in [3.63, 3.8) is 0 Å². The van der Waals surface area contributed by atoms with E-state index in [0.717, 1.165) is 11.8 Å². The molecule has 0 N–H and O–H groups in total. The highest BCUT2D eigenvalue weighted by atomic mass is 35.5. The number of rotatable bonds is 8. The minimum Gasteiger partial charge on any atom is -0.497 e. The number of halogens is 3. The molecular formula is C18H15Cl3O5S. The molecule has 2 aromatic rings. The first kappa shape index (κ1) is 21.7. The number of methoxy groups -OCH3 is 2. The number of esters is 1. The lowest BCUT2D eigenvalue weighted by atomic mass is 10.1. The van der Waals surface area contributed by atoms with Gasteiger partial charge in [-0.3, -0.25) is 9.59 Å². The monoisotopic (exact) mass is 448 g/mol. The van der Waals surface area contributed by atoms with Gasteiger partial charge in [0.25, 0.3) is 0 Å². The van der Waals surface area contributed by atoms with E-state index in [4.69, 9.17) is 49.0 Å². The van der Waals surface area contributed by atoms with E-state index in [-0.39, 0.29) is 21.4 Å². The molecule has 0 radical (unpaired) electrons. The summed E-state index contributed by atoms with van der Waals surface area (Å²) in [5, 5.41) is 0.808. The number of ketones is 1. The predicted octanol–water partition coefficient (Wildman–Crippen LogP) is 5.18. The highest BCUT2D eigenvalue weighted by Gasteiger charge is 2.17. The number of thioether (sulfide) groups is 1. The Labute approximate surface area is 175 Å². The van der Waals surface area contributed by atoms with E-state index in [0.29, 0.717) is 21.4 Å². The summed E-state index contributed by atoms with van der Waals surface area (Å²) in [7, 11) is 2.93. The smallest absolute Gasteiger partial charge is 0.316 e. The number of ether oxygens (including phenoxy) is 3. The van der Waals surface area contributed by atoms with Gasteiger partial charge in [-0.25, -0.2) is 0 Å². The van der Waals surface area contributed by atoms with Crippen LogP contribution >= 0.6 is 46.6 Å². The Bertz CT molecular complexity index is 857. The van der Waals surface area contributed by atoms with Crippen molar-refractivity contribution in [2.24, 2.45) is 0 Å². The van der Waals surface area contributed by atoms with Crippen LogP contribution in [-0.4, -0.2) is 38.3 Å². The van der Waals surface area contributed by atoms with Crippen LogP contribution in [0.5, 0.6) is 11.5 Å². The third kappa shape index (κ3) is 5.69. The Hall–Kier alpha value is -1.60. The first-order valence-corrected chi connectivity index (χ1v) is 9.66. The Kier molecular flexibility index (Phi) is 8.10. The number of carbonyl (C=O) groups excluding carboxylic acids is 2. The molecular weight excluding hydrogens is 435 g/mol. The molecule has 27 heavy (non-hydrogen) atoms. The molecule has 0 aromatic heterocycles. The predicted molar refractivity (Wildman–Crippen MR) is 107 cm³/mol. The fraction of sp³-hybridized carbons (Fsp3) is 0.222. The van der Waals surface area contributed by atoms with Crippen LogP contribution in [0.25, 0.3) is 0 Å². The van der Waals surface area contributed by atoms with Gasteiger partial charge in [-0.15, -0.1) is 11.8 Å². The number of hydrogen-bond acceptors (Lipinski definition) is 6. The van der Waals surface area contributed by atoms with Crippen LogP contribution < -0.4 is 9.47 Å². The zero-order chi connectivity index (χ0) is 20.0. The molecule has 0 aliphatic rings. The van der Waals surface area contributed by atoms with Gasteiger partial charge in [0.15, 0.2) is 6.61 Å². The summed E-state index contributed by atoms with van der Waals surface area (Å²) in [4.78, 5) is 24.9. The van der Waals surface area contributed by atoms with Crippen LogP contribution in [0.1, 0.15) is 10.4 Å². The summed E-state index contributed by atoms with van der Waals surface area (Å²) in [6.45, 7) is -0.419. The number of benzene rings is 2. The van der Waals surface area contributed by atoms with Crippen LogP contribution in [0.3, 0.4) is 0 Å². The third-order valence-corrected chi connectivity index (χ3v) is 5.85. The molecule has 2 rings (SSSR count). The molecule has 0 bridgehead atoms. The lowest BCUT2D eigenvalue weighted by molar-refractivity contribution is -0.139. The van der Waals surface area contributed by atoms with E-state index in [2.05, 4.69) is 0 Å². The molecule has 0 saturated carbocycles. The molecule has 9 heteroatoms. The summed E-state index contributed by atoms with van der Waals surface area (Å²) >= 11 is 19.0. The van der Waals surface area contributed by atoms with E-state index in [1.165, 1.54) is 20.3 Å². The SMILES string of the molecule is COc1ccc(OC)c(C(=O)COC(=O)CSc2ccc(Cl)c(Cl)c2Cl)c1. The van der Waals surface area contributed by atoms with Gasteiger partial charge in [0.1, 0.15) is 11.5 Å². The van der Waals surface area contributed by atoms with Crippen molar-refractivity contribution < 1.29 is 23.8 Å².